The van der Waals surface area contributed by atoms with Crippen LogP contribution in [0.4, 0.5) is 0 Å². The highest BCUT2D eigenvalue weighted by Gasteiger charge is 1.99. The minimum atomic E-state index is -0.0897. The number of H-pyrrole nitrogens is 1. The minimum Gasteiger partial charge on any atom is -0.469 e. The van der Waals surface area contributed by atoms with Gasteiger partial charge in [0.2, 0.25) is 0 Å². The highest BCUT2D eigenvalue weighted by Crippen LogP contribution is 2.09. The molecule has 1 aromatic heterocycles. The minimum absolute atomic E-state index is 0.0897. The van der Waals surface area contributed by atoms with Gasteiger partial charge in [0, 0.05) is 13.0 Å². The number of nitrogens with zero attached hydrogens (tertiary/aromatic N) is 2. The fraction of sp³-hybridized carbons (Fsp3) is 0.800. The molecule has 0 unspecified atom stereocenters. The summed E-state index contributed by atoms with van der Waals surface area (Å²) in [4.78, 5) is 10.9. The molecule has 1 heterocycles. The molecule has 120 valence electrons. The van der Waals surface area contributed by atoms with Crippen LogP contribution >= 0.6 is 0 Å². The molecule has 6 heteroatoms. The third-order valence-electron chi connectivity index (χ3n) is 3.48. The molecule has 6 nitrogen and oxygen atoms in total. The van der Waals surface area contributed by atoms with E-state index in [1.165, 1.54) is 45.6 Å². The van der Waals surface area contributed by atoms with Crippen LogP contribution in [0.25, 0.3) is 0 Å². The molecule has 0 aliphatic rings. The highest BCUT2D eigenvalue weighted by molar-refractivity contribution is 5.68. The van der Waals surface area contributed by atoms with Gasteiger partial charge < -0.3 is 10.1 Å². The molecule has 0 radical (unpaired) electrons. The smallest absolute Gasteiger partial charge is 0.305 e. The molecule has 0 fully saturated rings. The molecule has 21 heavy (non-hydrogen) atoms. The lowest BCUT2D eigenvalue weighted by Crippen LogP contribution is -2.14. The average molecular weight is 296 g/mol. The van der Waals surface area contributed by atoms with Crippen molar-refractivity contribution in [3.05, 3.63) is 11.9 Å². The van der Waals surface area contributed by atoms with Crippen molar-refractivity contribution in [3.8, 4) is 0 Å². The molecular weight excluding hydrogens is 268 g/mol. The summed E-state index contributed by atoms with van der Waals surface area (Å²) in [6.45, 7) is 1.82. The third-order valence-corrected chi connectivity index (χ3v) is 3.48. The maximum atomic E-state index is 10.9. The molecule has 2 N–H and O–H groups in total. The Hall–Kier alpha value is -1.43. The van der Waals surface area contributed by atoms with Gasteiger partial charge in [0.05, 0.1) is 19.0 Å². The zero-order valence-electron chi connectivity index (χ0n) is 13.1. The van der Waals surface area contributed by atoms with E-state index < -0.39 is 0 Å². The summed E-state index contributed by atoms with van der Waals surface area (Å²) in [5, 5.41) is 13.7. The van der Waals surface area contributed by atoms with Crippen molar-refractivity contribution in [2.75, 3.05) is 13.7 Å². The Morgan fingerprint density at radius 2 is 1.81 bits per heavy atom. The number of unbranched alkanes of at least 4 members (excludes halogenated alkanes) is 7. The summed E-state index contributed by atoms with van der Waals surface area (Å²) < 4.78 is 4.61. The number of aromatic nitrogens is 3. The molecule has 0 amide bonds. The molecule has 0 aromatic carbocycles. The van der Waals surface area contributed by atoms with Gasteiger partial charge >= 0.3 is 5.97 Å². The van der Waals surface area contributed by atoms with Gasteiger partial charge in [-0.1, -0.05) is 38.5 Å². The van der Waals surface area contributed by atoms with Crippen LogP contribution in [0.15, 0.2) is 6.20 Å². The molecule has 0 saturated heterocycles. The van der Waals surface area contributed by atoms with E-state index in [1.807, 2.05) is 0 Å². The topological polar surface area (TPSA) is 79.9 Å². The zero-order valence-corrected chi connectivity index (χ0v) is 13.1. The lowest BCUT2D eigenvalue weighted by Gasteiger charge is -2.03. The largest absolute Gasteiger partial charge is 0.469 e. The molecule has 0 spiro atoms. The summed E-state index contributed by atoms with van der Waals surface area (Å²) in [5.74, 6) is -0.0897. The summed E-state index contributed by atoms with van der Waals surface area (Å²) in [6.07, 6.45) is 12.0. The zero-order chi connectivity index (χ0) is 15.2. The first kappa shape index (κ1) is 17.6. The number of esters is 1. The molecular formula is C15H28N4O2. The molecule has 1 aromatic rings. The van der Waals surface area contributed by atoms with Gasteiger partial charge in [0.1, 0.15) is 0 Å². The average Bonchev–Trinajstić information content (AvgIpc) is 3.01. The third kappa shape index (κ3) is 10.0. The molecule has 1 rings (SSSR count). The standard InChI is InChI=1S/C15H28N4O2/c1-21-15(20)10-8-6-4-2-3-5-7-9-11-16-12-14-13-17-19-18-14/h13,16H,2-12H2,1H3,(H,17,18,19). The van der Waals surface area contributed by atoms with Crippen LogP contribution in [0.2, 0.25) is 0 Å². The Morgan fingerprint density at radius 1 is 1.14 bits per heavy atom. The van der Waals surface area contributed by atoms with Crippen LogP contribution in [0.3, 0.4) is 0 Å². The first-order valence-electron chi connectivity index (χ1n) is 7.95. The Balaban J connectivity index is 1.73. The van der Waals surface area contributed by atoms with E-state index in [0.29, 0.717) is 6.42 Å². The van der Waals surface area contributed by atoms with E-state index >= 15 is 0 Å². The first-order chi connectivity index (χ1) is 10.3. The SMILES string of the molecule is COC(=O)CCCCCCCCCCNCc1cn[nH]n1. The number of carbonyl (C=O) groups excluding carboxylic acids is 1. The van der Waals surface area contributed by atoms with Crippen LogP contribution in [0, 0.1) is 0 Å². The fourth-order valence-corrected chi connectivity index (χ4v) is 2.21. The molecule has 0 aliphatic carbocycles. The van der Waals surface area contributed by atoms with E-state index in [9.17, 15) is 4.79 Å². The number of carbonyl (C=O) groups is 1. The van der Waals surface area contributed by atoms with Crippen LogP contribution in [-0.4, -0.2) is 35.0 Å². The van der Waals surface area contributed by atoms with Gasteiger partial charge in [-0.3, -0.25) is 4.79 Å². The van der Waals surface area contributed by atoms with Crippen LogP contribution < -0.4 is 5.32 Å². The second kappa shape index (κ2) is 12.3. The lowest BCUT2D eigenvalue weighted by molar-refractivity contribution is -0.140. The fourth-order valence-electron chi connectivity index (χ4n) is 2.21. The number of aromatic amines is 1. The molecule has 0 atom stereocenters. The van der Waals surface area contributed by atoms with Crippen molar-refractivity contribution in [2.24, 2.45) is 0 Å². The van der Waals surface area contributed by atoms with Gasteiger partial charge in [-0.15, -0.1) is 0 Å². The van der Waals surface area contributed by atoms with Crippen molar-refractivity contribution in [1.82, 2.24) is 20.7 Å². The first-order valence-corrected chi connectivity index (χ1v) is 7.95. The van der Waals surface area contributed by atoms with Crippen molar-refractivity contribution in [3.63, 3.8) is 0 Å². The van der Waals surface area contributed by atoms with E-state index in [0.717, 1.165) is 31.6 Å². The van der Waals surface area contributed by atoms with Crippen molar-refractivity contribution in [2.45, 2.75) is 64.3 Å². The number of hydrogen-bond acceptors (Lipinski definition) is 5. The van der Waals surface area contributed by atoms with E-state index in [-0.39, 0.29) is 5.97 Å². The van der Waals surface area contributed by atoms with Crippen molar-refractivity contribution < 1.29 is 9.53 Å². The Morgan fingerprint density at radius 3 is 2.43 bits per heavy atom. The molecule has 0 bridgehead atoms. The summed E-state index contributed by atoms with van der Waals surface area (Å²) in [6, 6.07) is 0. The monoisotopic (exact) mass is 296 g/mol. The highest BCUT2D eigenvalue weighted by atomic mass is 16.5. The molecule has 0 aliphatic heterocycles. The van der Waals surface area contributed by atoms with Gasteiger partial charge in [0.25, 0.3) is 0 Å². The lowest BCUT2D eigenvalue weighted by atomic mass is 10.1. The van der Waals surface area contributed by atoms with Crippen molar-refractivity contribution >= 4 is 5.97 Å². The van der Waals surface area contributed by atoms with Gasteiger partial charge in [-0.25, -0.2) is 0 Å². The van der Waals surface area contributed by atoms with Crippen LogP contribution in [0.1, 0.15) is 63.5 Å². The van der Waals surface area contributed by atoms with E-state index in [1.54, 1.807) is 6.20 Å². The van der Waals surface area contributed by atoms with Gasteiger partial charge in [0.15, 0.2) is 0 Å². The summed E-state index contributed by atoms with van der Waals surface area (Å²) >= 11 is 0. The van der Waals surface area contributed by atoms with Crippen LogP contribution in [-0.2, 0) is 16.1 Å². The molecule has 0 saturated carbocycles. The maximum Gasteiger partial charge on any atom is 0.305 e. The summed E-state index contributed by atoms with van der Waals surface area (Å²) in [5.41, 5.74) is 0.960. The van der Waals surface area contributed by atoms with E-state index in [2.05, 4.69) is 25.5 Å². The van der Waals surface area contributed by atoms with Crippen LogP contribution in [0.5, 0.6) is 0 Å². The number of methoxy groups -OCH3 is 1. The van der Waals surface area contributed by atoms with Gasteiger partial charge in [-0.05, 0) is 19.4 Å². The maximum absolute atomic E-state index is 10.9. The Bertz CT molecular complexity index is 355. The van der Waals surface area contributed by atoms with Crippen molar-refractivity contribution in [1.29, 1.82) is 0 Å². The normalized spacial score (nSPS) is 10.7. The predicted octanol–water partition coefficient (Wildman–Crippen LogP) is 2.58. The quantitative estimate of drug-likeness (QED) is 0.432. The number of ether oxygens (including phenoxy) is 1. The second-order valence-electron chi connectivity index (χ2n) is 5.29. The Labute approximate surface area is 127 Å². The predicted molar refractivity (Wildman–Crippen MR) is 81.7 cm³/mol. The second-order valence-corrected chi connectivity index (χ2v) is 5.29. The Kier molecular flexibility index (Phi) is 10.3. The van der Waals surface area contributed by atoms with E-state index in [4.69, 9.17) is 0 Å². The number of hydrogen-bond donors (Lipinski definition) is 2. The summed E-state index contributed by atoms with van der Waals surface area (Å²) in [7, 11) is 1.45. The van der Waals surface area contributed by atoms with Gasteiger partial charge in [-0.2, -0.15) is 15.4 Å². The number of rotatable bonds is 13. The number of nitrogens with one attached hydrogen (secondary N) is 2.